The maximum Gasteiger partial charge on any atom is 0.251 e. The van der Waals surface area contributed by atoms with Crippen LogP contribution >= 0.6 is 24.0 Å². The Labute approximate surface area is 204 Å². The molecule has 1 aromatic carbocycles. The summed E-state index contributed by atoms with van der Waals surface area (Å²) in [6.07, 6.45) is 3.39. The molecule has 0 aliphatic carbocycles. The molecule has 31 heavy (non-hydrogen) atoms. The van der Waals surface area contributed by atoms with Crippen LogP contribution in [0.2, 0.25) is 0 Å². The fourth-order valence-electron chi connectivity index (χ4n) is 3.50. The lowest BCUT2D eigenvalue weighted by Crippen LogP contribution is -2.39. The molecule has 0 saturated carbocycles. The van der Waals surface area contributed by atoms with Crippen molar-refractivity contribution >= 4 is 35.8 Å². The molecule has 7 nitrogen and oxygen atoms in total. The summed E-state index contributed by atoms with van der Waals surface area (Å²) in [5, 5.41) is 9.62. The Hall–Kier alpha value is -1.39. The largest absolute Gasteiger partial charge is 0.378 e. The van der Waals surface area contributed by atoms with Gasteiger partial charge in [0, 0.05) is 45.5 Å². The van der Waals surface area contributed by atoms with E-state index in [2.05, 4.69) is 34.8 Å². The summed E-state index contributed by atoms with van der Waals surface area (Å²) in [5.41, 5.74) is 1.68. The second-order valence-corrected chi connectivity index (χ2v) is 7.92. The van der Waals surface area contributed by atoms with Crippen molar-refractivity contribution in [3.05, 3.63) is 35.4 Å². The van der Waals surface area contributed by atoms with Crippen LogP contribution in [0, 0.1) is 5.92 Å². The molecule has 1 fully saturated rings. The first-order chi connectivity index (χ1) is 14.5. The van der Waals surface area contributed by atoms with Gasteiger partial charge in [-0.1, -0.05) is 26.0 Å². The fraction of sp³-hybridized carbons (Fsp3) is 0.652. The highest BCUT2D eigenvalue weighted by Gasteiger charge is 2.17. The Balaban J connectivity index is 0.00000480. The minimum Gasteiger partial charge on any atom is -0.378 e. The zero-order chi connectivity index (χ0) is 21.8. The molecule has 1 aliphatic heterocycles. The zero-order valence-electron chi connectivity index (χ0n) is 19.3. The van der Waals surface area contributed by atoms with Crippen LogP contribution in [0.5, 0.6) is 0 Å². The number of hydrogen-bond acceptors (Lipinski definition) is 4. The van der Waals surface area contributed by atoms with Crippen molar-refractivity contribution in [2.24, 2.45) is 10.9 Å². The third-order valence-electron chi connectivity index (χ3n) is 5.23. The molecular weight excluding hydrogens is 507 g/mol. The van der Waals surface area contributed by atoms with Gasteiger partial charge in [-0.05, 0) is 49.8 Å². The molecule has 1 aliphatic rings. The average Bonchev–Trinajstić information content (AvgIpc) is 3.27. The Morgan fingerprint density at radius 2 is 2.10 bits per heavy atom. The van der Waals surface area contributed by atoms with E-state index < -0.39 is 0 Å². The van der Waals surface area contributed by atoms with E-state index in [0.717, 1.165) is 50.5 Å². The molecule has 0 aromatic heterocycles. The zero-order valence-corrected chi connectivity index (χ0v) is 21.6. The molecule has 2 atom stereocenters. The van der Waals surface area contributed by atoms with Crippen LogP contribution in [0.1, 0.15) is 56.0 Å². The summed E-state index contributed by atoms with van der Waals surface area (Å²) in [6, 6.07) is 7.65. The number of halogens is 1. The number of amides is 1. The topological polar surface area (TPSA) is 84.0 Å². The standard InChI is InChI=1S/C23H38N4O3.HI/c1-5-29-21(17(2)3)11-12-25-23(24-4)27-15-18-8-6-9-19(14-18)22(28)26-16-20-10-7-13-30-20;/h6,8-9,14,17,20-21H,5,7,10-13,15-16H2,1-4H3,(H,26,28)(H2,24,25,27);1H. The van der Waals surface area contributed by atoms with Gasteiger partial charge in [-0.3, -0.25) is 9.79 Å². The predicted molar refractivity (Wildman–Crippen MR) is 136 cm³/mol. The number of ether oxygens (including phenoxy) is 2. The summed E-state index contributed by atoms with van der Waals surface area (Å²) in [7, 11) is 1.76. The molecular formula is C23H39IN4O3. The summed E-state index contributed by atoms with van der Waals surface area (Å²) >= 11 is 0. The van der Waals surface area contributed by atoms with Crippen molar-refractivity contribution in [3.63, 3.8) is 0 Å². The number of carbonyl (C=O) groups is 1. The third-order valence-corrected chi connectivity index (χ3v) is 5.23. The Morgan fingerprint density at radius 1 is 1.29 bits per heavy atom. The number of aliphatic imine (C=N–C) groups is 1. The van der Waals surface area contributed by atoms with Crippen molar-refractivity contribution < 1.29 is 14.3 Å². The first-order valence-electron chi connectivity index (χ1n) is 11.1. The maximum atomic E-state index is 12.4. The van der Waals surface area contributed by atoms with Crippen molar-refractivity contribution in [2.45, 2.75) is 58.8 Å². The molecule has 2 rings (SSSR count). The van der Waals surface area contributed by atoms with E-state index in [-0.39, 0.29) is 42.1 Å². The molecule has 8 heteroatoms. The third kappa shape index (κ3) is 10.2. The van der Waals surface area contributed by atoms with Crippen LogP contribution in [-0.4, -0.2) is 57.4 Å². The number of rotatable bonds is 11. The minimum atomic E-state index is -0.0643. The van der Waals surface area contributed by atoms with Gasteiger partial charge in [0.25, 0.3) is 5.91 Å². The second kappa shape index (κ2) is 15.4. The fourth-order valence-corrected chi connectivity index (χ4v) is 3.50. The number of nitrogens with one attached hydrogen (secondary N) is 3. The van der Waals surface area contributed by atoms with E-state index in [1.165, 1.54) is 0 Å². The van der Waals surface area contributed by atoms with Gasteiger partial charge in [-0.25, -0.2) is 0 Å². The lowest BCUT2D eigenvalue weighted by molar-refractivity contribution is 0.0258. The lowest BCUT2D eigenvalue weighted by atomic mass is 10.0. The first-order valence-corrected chi connectivity index (χ1v) is 11.1. The molecule has 2 unspecified atom stereocenters. The highest BCUT2D eigenvalue weighted by Crippen LogP contribution is 2.12. The van der Waals surface area contributed by atoms with Crippen molar-refractivity contribution in [1.29, 1.82) is 0 Å². The number of carbonyl (C=O) groups excluding carboxylic acids is 1. The molecule has 1 amide bonds. The van der Waals surface area contributed by atoms with Gasteiger partial charge in [0.1, 0.15) is 0 Å². The average molecular weight is 546 g/mol. The Morgan fingerprint density at radius 3 is 2.74 bits per heavy atom. The molecule has 1 heterocycles. The summed E-state index contributed by atoms with van der Waals surface area (Å²) in [4.78, 5) is 16.7. The predicted octanol–water partition coefficient (Wildman–Crippen LogP) is 3.33. The van der Waals surface area contributed by atoms with Gasteiger partial charge in [-0.2, -0.15) is 0 Å². The number of guanidine groups is 1. The number of hydrogen-bond donors (Lipinski definition) is 3. The Kier molecular flexibility index (Phi) is 13.7. The highest BCUT2D eigenvalue weighted by molar-refractivity contribution is 14.0. The Bertz CT molecular complexity index is 679. The van der Waals surface area contributed by atoms with E-state index in [4.69, 9.17) is 9.47 Å². The first kappa shape index (κ1) is 27.6. The molecule has 0 bridgehead atoms. The van der Waals surface area contributed by atoms with Gasteiger partial charge in [0.2, 0.25) is 0 Å². The molecule has 176 valence electrons. The highest BCUT2D eigenvalue weighted by atomic mass is 127. The van der Waals surface area contributed by atoms with Gasteiger partial charge in [0.15, 0.2) is 5.96 Å². The van der Waals surface area contributed by atoms with E-state index in [9.17, 15) is 4.79 Å². The van der Waals surface area contributed by atoms with Crippen LogP contribution in [-0.2, 0) is 16.0 Å². The molecule has 3 N–H and O–H groups in total. The minimum absolute atomic E-state index is 0. The molecule has 1 aromatic rings. The van der Waals surface area contributed by atoms with Crippen LogP contribution in [0.3, 0.4) is 0 Å². The van der Waals surface area contributed by atoms with E-state index in [0.29, 0.717) is 24.6 Å². The summed E-state index contributed by atoms with van der Waals surface area (Å²) in [6.45, 7) is 9.85. The molecule has 1 saturated heterocycles. The van der Waals surface area contributed by atoms with Crippen LogP contribution in [0.4, 0.5) is 0 Å². The van der Waals surface area contributed by atoms with Gasteiger partial charge >= 0.3 is 0 Å². The van der Waals surface area contributed by atoms with Gasteiger partial charge in [-0.15, -0.1) is 24.0 Å². The van der Waals surface area contributed by atoms with Crippen LogP contribution < -0.4 is 16.0 Å². The quantitative estimate of drug-likeness (QED) is 0.225. The van der Waals surface area contributed by atoms with Crippen LogP contribution in [0.25, 0.3) is 0 Å². The number of benzene rings is 1. The molecule has 0 radical (unpaired) electrons. The summed E-state index contributed by atoms with van der Waals surface area (Å²) < 4.78 is 11.4. The molecule has 0 spiro atoms. The summed E-state index contributed by atoms with van der Waals surface area (Å²) in [5.74, 6) is 1.16. The smallest absolute Gasteiger partial charge is 0.251 e. The van der Waals surface area contributed by atoms with Crippen molar-refractivity contribution in [1.82, 2.24) is 16.0 Å². The number of nitrogens with zero attached hydrogens (tertiary/aromatic N) is 1. The normalized spacial score (nSPS) is 17.2. The monoisotopic (exact) mass is 546 g/mol. The van der Waals surface area contributed by atoms with Gasteiger partial charge in [0.05, 0.1) is 12.2 Å². The van der Waals surface area contributed by atoms with E-state index >= 15 is 0 Å². The van der Waals surface area contributed by atoms with E-state index in [1.807, 2.05) is 31.2 Å². The van der Waals surface area contributed by atoms with Crippen molar-refractivity contribution in [2.75, 3.05) is 33.4 Å². The SMILES string of the molecule is CCOC(CCNC(=NC)NCc1cccc(C(=O)NCC2CCCO2)c1)C(C)C.I. The maximum absolute atomic E-state index is 12.4. The van der Waals surface area contributed by atoms with Crippen molar-refractivity contribution in [3.8, 4) is 0 Å². The van der Waals surface area contributed by atoms with Gasteiger partial charge < -0.3 is 25.4 Å². The lowest BCUT2D eigenvalue weighted by Gasteiger charge is -2.21. The van der Waals surface area contributed by atoms with Crippen LogP contribution in [0.15, 0.2) is 29.3 Å². The van der Waals surface area contributed by atoms with E-state index in [1.54, 1.807) is 7.05 Å². The second-order valence-electron chi connectivity index (χ2n) is 7.92.